The summed E-state index contributed by atoms with van der Waals surface area (Å²) in [6, 6.07) is 0. The lowest BCUT2D eigenvalue weighted by atomic mass is 10.0. The van der Waals surface area contributed by atoms with Gasteiger partial charge in [0.1, 0.15) is 0 Å². The van der Waals surface area contributed by atoms with Crippen molar-refractivity contribution in [2.75, 3.05) is 13.1 Å². The fourth-order valence-electron chi connectivity index (χ4n) is 0.830. The van der Waals surface area contributed by atoms with E-state index in [1.54, 1.807) is 0 Å². The third-order valence-corrected chi connectivity index (χ3v) is 1.97. The number of aliphatic carboxylic acids is 1. The molecule has 0 saturated heterocycles. The Kier molecular flexibility index (Phi) is 5.06. The van der Waals surface area contributed by atoms with Crippen LogP contribution >= 0.6 is 0 Å². The van der Waals surface area contributed by atoms with Crippen LogP contribution in [-0.2, 0) is 4.79 Å². The maximum atomic E-state index is 12.4. The van der Waals surface area contributed by atoms with Gasteiger partial charge in [-0.05, 0) is 25.4 Å². The minimum Gasteiger partial charge on any atom is -0.480 e. The maximum absolute atomic E-state index is 12.4. The van der Waals surface area contributed by atoms with Crippen LogP contribution in [0.25, 0.3) is 10.4 Å². The molecule has 0 heterocycles. The predicted octanol–water partition coefficient (Wildman–Crippen LogP) is 1.68. The fourth-order valence-corrected chi connectivity index (χ4v) is 0.830. The van der Waals surface area contributed by atoms with Crippen molar-refractivity contribution in [2.24, 2.45) is 5.11 Å². The molecular weight excluding hydrogens is 229 g/mol. The SMILES string of the molecule is CC(NCCCN=[N+]=[N-])(C(=O)O)C(F)(F)F. The number of nitrogens with zero attached hydrogens (tertiary/aromatic N) is 3. The van der Waals surface area contributed by atoms with Crippen LogP contribution in [0.15, 0.2) is 5.11 Å². The summed E-state index contributed by atoms with van der Waals surface area (Å²) in [5.41, 5.74) is 4.92. The molecule has 0 saturated carbocycles. The first-order chi connectivity index (χ1) is 7.25. The van der Waals surface area contributed by atoms with E-state index in [0.717, 1.165) is 0 Å². The molecule has 2 N–H and O–H groups in total. The summed E-state index contributed by atoms with van der Waals surface area (Å²) in [5, 5.41) is 13.5. The molecule has 0 aromatic rings. The first-order valence-corrected chi connectivity index (χ1v) is 4.31. The van der Waals surface area contributed by atoms with Crippen molar-refractivity contribution in [1.29, 1.82) is 0 Å². The van der Waals surface area contributed by atoms with E-state index in [2.05, 4.69) is 10.0 Å². The Hall–Kier alpha value is -1.47. The van der Waals surface area contributed by atoms with Crippen molar-refractivity contribution in [3.63, 3.8) is 0 Å². The van der Waals surface area contributed by atoms with Crippen molar-refractivity contribution in [1.82, 2.24) is 5.32 Å². The van der Waals surface area contributed by atoms with Crippen LogP contribution in [0, 0.1) is 0 Å². The van der Waals surface area contributed by atoms with Gasteiger partial charge in [0.15, 0.2) is 0 Å². The second kappa shape index (κ2) is 5.57. The van der Waals surface area contributed by atoms with E-state index in [0.29, 0.717) is 6.92 Å². The monoisotopic (exact) mass is 240 g/mol. The van der Waals surface area contributed by atoms with Gasteiger partial charge in [0.2, 0.25) is 5.54 Å². The van der Waals surface area contributed by atoms with Crippen LogP contribution in [0.3, 0.4) is 0 Å². The molecule has 0 rings (SSSR count). The summed E-state index contributed by atoms with van der Waals surface area (Å²) in [6.45, 7) is 0.348. The van der Waals surface area contributed by atoms with Gasteiger partial charge in [-0.25, -0.2) is 4.79 Å². The van der Waals surface area contributed by atoms with E-state index < -0.39 is 17.7 Å². The number of nitrogens with one attached hydrogen (secondary N) is 1. The predicted molar refractivity (Wildman–Crippen MR) is 48.7 cm³/mol. The van der Waals surface area contributed by atoms with Gasteiger partial charge >= 0.3 is 12.1 Å². The van der Waals surface area contributed by atoms with Crippen molar-refractivity contribution < 1.29 is 23.1 Å². The van der Waals surface area contributed by atoms with Crippen molar-refractivity contribution in [3.8, 4) is 0 Å². The number of carboxylic acid groups (broad SMARTS) is 1. The molecule has 0 aliphatic carbocycles. The Morgan fingerprint density at radius 1 is 1.56 bits per heavy atom. The lowest BCUT2D eigenvalue weighted by Gasteiger charge is -2.28. The highest BCUT2D eigenvalue weighted by atomic mass is 19.4. The van der Waals surface area contributed by atoms with Crippen LogP contribution < -0.4 is 5.32 Å². The summed E-state index contributed by atoms with van der Waals surface area (Å²) in [4.78, 5) is 12.9. The summed E-state index contributed by atoms with van der Waals surface area (Å²) < 4.78 is 37.2. The Labute approximate surface area is 89.1 Å². The number of halogens is 3. The van der Waals surface area contributed by atoms with Crippen LogP contribution in [0.1, 0.15) is 13.3 Å². The third kappa shape index (κ3) is 3.59. The van der Waals surface area contributed by atoms with E-state index in [4.69, 9.17) is 10.6 Å². The smallest absolute Gasteiger partial charge is 0.417 e. The van der Waals surface area contributed by atoms with E-state index in [1.165, 1.54) is 0 Å². The van der Waals surface area contributed by atoms with Gasteiger partial charge in [0.05, 0.1) is 0 Å². The van der Waals surface area contributed by atoms with Crippen molar-refractivity contribution in [2.45, 2.75) is 25.1 Å². The number of alkyl halides is 3. The van der Waals surface area contributed by atoms with Gasteiger partial charge in [-0.1, -0.05) is 5.11 Å². The van der Waals surface area contributed by atoms with Crippen LogP contribution in [0.4, 0.5) is 13.2 Å². The lowest BCUT2D eigenvalue weighted by Crippen LogP contribution is -2.60. The van der Waals surface area contributed by atoms with E-state index in [1.807, 2.05) is 5.32 Å². The summed E-state index contributed by atoms with van der Waals surface area (Å²) in [7, 11) is 0. The largest absolute Gasteiger partial charge is 0.480 e. The zero-order chi connectivity index (χ0) is 12.8. The number of carboxylic acids is 1. The van der Waals surface area contributed by atoms with E-state index in [-0.39, 0.29) is 19.5 Å². The molecule has 0 aliphatic heterocycles. The minimum absolute atomic E-state index is 0.0110. The highest BCUT2D eigenvalue weighted by Gasteiger charge is 2.56. The Balaban J connectivity index is 4.37. The first-order valence-electron chi connectivity index (χ1n) is 4.31. The van der Waals surface area contributed by atoms with Gasteiger partial charge in [0.25, 0.3) is 0 Å². The molecule has 0 aromatic carbocycles. The van der Waals surface area contributed by atoms with Crippen LogP contribution in [0.2, 0.25) is 0 Å². The second-order valence-electron chi connectivity index (χ2n) is 3.16. The zero-order valence-corrected chi connectivity index (χ0v) is 8.45. The molecule has 1 atom stereocenters. The molecule has 0 radical (unpaired) electrons. The Morgan fingerprint density at radius 2 is 2.12 bits per heavy atom. The Bertz CT molecular complexity index is 300. The number of hydrogen-bond donors (Lipinski definition) is 2. The normalized spacial score (nSPS) is 15.0. The average Bonchev–Trinajstić information content (AvgIpc) is 2.15. The molecule has 0 fully saturated rings. The first kappa shape index (κ1) is 14.5. The molecule has 9 heteroatoms. The quantitative estimate of drug-likeness (QED) is 0.320. The van der Waals surface area contributed by atoms with E-state index >= 15 is 0 Å². The molecule has 0 amide bonds. The molecule has 16 heavy (non-hydrogen) atoms. The van der Waals surface area contributed by atoms with Gasteiger partial charge in [-0.2, -0.15) is 13.2 Å². The topological polar surface area (TPSA) is 98.1 Å². The van der Waals surface area contributed by atoms with Crippen LogP contribution in [-0.4, -0.2) is 35.9 Å². The highest BCUT2D eigenvalue weighted by molar-refractivity contribution is 5.79. The molecule has 92 valence electrons. The second-order valence-corrected chi connectivity index (χ2v) is 3.16. The maximum Gasteiger partial charge on any atom is 0.417 e. The van der Waals surface area contributed by atoms with Gasteiger partial charge in [-0.3, -0.25) is 5.32 Å². The minimum atomic E-state index is -4.89. The average molecular weight is 240 g/mol. The molecule has 0 aliphatic rings. The molecule has 0 aromatic heterocycles. The highest BCUT2D eigenvalue weighted by Crippen LogP contribution is 2.30. The molecule has 6 nitrogen and oxygen atoms in total. The fraction of sp³-hybridized carbons (Fsp3) is 0.857. The van der Waals surface area contributed by atoms with Gasteiger partial charge in [-0.15, -0.1) is 0 Å². The van der Waals surface area contributed by atoms with Gasteiger partial charge in [0, 0.05) is 11.5 Å². The molecular formula is C7H11F3N4O2. The molecule has 1 unspecified atom stereocenters. The Morgan fingerprint density at radius 3 is 2.50 bits per heavy atom. The molecule has 0 spiro atoms. The number of carbonyl (C=O) groups is 1. The van der Waals surface area contributed by atoms with Gasteiger partial charge < -0.3 is 5.11 Å². The zero-order valence-electron chi connectivity index (χ0n) is 8.45. The standard InChI is InChI=1S/C7H11F3N4O2/c1-6(5(15)16,7(8,9)10)12-3-2-4-13-14-11/h12H,2-4H2,1H3,(H,15,16). The summed E-state index contributed by atoms with van der Waals surface area (Å²) in [6.07, 6.45) is -4.76. The number of azide groups is 1. The van der Waals surface area contributed by atoms with E-state index in [9.17, 15) is 18.0 Å². The third-order valence-electron chi connectivity index (χ3n) is 1.97. The summed E-state index contributed by atoms with van der Waals surface area (Å²) in [5.74, 6) is -2.00. The van der Waals surface area contributed by atoms with Crippen LogP contribution in [0.5, 0.6) is 0 Å². The number of hydrogen-bond acceptors (Lipinski definition) is 3. The molecule has 0 bridgehead atoms. The van der Waals surface area contributed by atoms with Crippen molar-refractivity contribution in [3.05, 3.63) is 10.4 Å². The number of rotatable bonds is 6. The summed E-state index contributed by atoms with van der Waals surface area (Å²) >= 11 is 0. The lowest BCUT2D eigenvalue weighted by molar-refractivity contribution is -0.205. The van der Waals surface area contributed by atoms with Crippen molar-refractivity contribution >= 4 is 5.97 Å².